The van der Waals surface area contributed by atoms with Gasteiger partial charge in [0.15, 0.2) is 21.3 Å². The number of benzene rings is 1. The van der Waals surface area contributed by atoms with Gasteiger partial charge < -0.3 is 4.52 Å². The van der Waals surface area contributed by atoms with Gasteiger partial charge in [-0.2, -0.15) is 0 Å². The summed E-state index contributed by atoms with van der Waals surface area (Å²) in [6.45, 7) is 1.98. The van der Waals surface area contributed by atoms with Crippen molar-refractivity contribution in [3.63, 3.8) is 0 Å². The second-order valence-electron chi connectivity index (χ2n) is 5.83. The molecule has 0 unspecified atom stereocenters. The molecule has 5 nitrogen and oxygen atoms in total. The van der Waals surface area contributed by atoms with Crippen molar-refractivity contribution in [2.24, 2.45) is 0 Å². The van der Waals surface area contributed by atoms with Gasteiger partial charge in [0, 0.05) is 17.2 Å². The highest BCUT2D eigenvalue weighted by atomic mass is 35.5. The smallest absolute Gasteiger partial charge is 0.217 e. The molecule has 1 heterocycles. The van der Waals surface area contributed by atoms with Crippen LogP contribution in [-0.2, 0) is 15.3 Å². The second-order valence-corrected chi connectivity index (χ2v) is 8.19. The molecule has 22 heavy (non-hydrogen) atoms. The molecular formula is C15H14ClNO4S. The van der Waals surface area contributed by atoms with Gasteiger partial charge in [0.1, 0.15) is 5.02 Å². The molecule has 0 atom stereocenters. The maximum absolute atomic E-state index is 12.6. The maximum atomic E-state index is 12.6. The second kappa shape index (κ2) is 4.93. The molecule has 1 fully saturated rings. The van der Waals surface area contributed by atoms with Gasteiger partial charge in [0.25, 0.3) is 0 Å². The van der Waals surface area contributed by atoms with E-state index in [1.165, 1.54) is 12.1 Å². The zero-order valence-corrected chi connectivity index (χ0v) is 13.7. The number of sulfone groups is 1. The van der Waals surface area contributed by atoms with E-state index in [1.807, 2.05) is 6.92 Å². The quantitative estimate of drug-likeness (QED) is 0.800. The van der Waals surface area contributed by atoms with Crippen LogP contribution in [0.3, 0.4) is 0 Å². The van der Waals surface area contributed by atoms with Crippen molar-refractivity contribution in [1.82, 2.24) is 5.16 Å². The van der Waals surface area contributed by atoms with Gasteiger partial charge in [0.2, 0.25) is 5.78 Å². The fourth-order valence-electron chi connectivity index (χ4n) is 2.31. The Morgan fingerprint density at radius 3 is 2.55 bits per heavy atom. The molecule has 0 spiro atoms. The Labute approximate surface area is 133 Å². The molecule has 0 aliphatic heterocycles. The molecule has 7 heteroatoms. The van der Waals surface area contributed by atoms with Crippen LogP contribution in [0.5, 0.6) is 0 Å². The van der Waals surface area contributed by atoms with Crippen LogP contribution in [0.1, 0.15) is 41.6 Å². The Morgan fingerprint density at radius 1 is 1.32 bits per heavy atom. The van der Waals surface area contributed by atoms with Gasteiger partial charge in [0.05, 0.1) is 4.90 Å². The summed E-state index contributed by atoms with van der Waals surface area (Å²) in [5.41, 5.74) is -0.160. The lowest BCUT2D eigenvalue weighted by atomic mass is 10.0. The molecule has 0 amide bonds. The van der Waals surface area contributed by atoms with E-state index < -0.39 is 15.6 Å². The van der Waals surface area contributed by atoms with Crippen molar-refractivity contribution in [3.05, 3.63) is 46.3 Å². The molecule has 3 rings (SSSR count). The van der Waals surface area contributed by atoms with Gasteiger partial charge in [-0.25, -0.2) is 8.42 Å². The zero-order valence-electron chi connectivity index (χ0n) is 12.1. The van der Waals surface area contributed by atoms with E-state index in [9.17, 15) is 13.2 Å². The summed E-state index contributed by atoms with van der Waals surface area (Å²) in [7, 11) is -3.53. The van der Waals surface area contributed by atoms with Crippen molar-refractivity contribution >= 4 is 27.2 Å². The number of nitrogens with zero attached hydrogens (tertiary/aromatic N) is 1. The monoisotopic (exact) mass is 339 g/mol. The molecule has 0 radical (unpaired) electrons. The van der Waals surface area contributed by atoms with Crippen LogP contribution in [0.25, 0.3) is 0 Å². The average Bonchev–Trinajstić information content (AvgIpc) is 3.07. The summed E-state index contributed by atoms with van der Waals surface area (Å²) in [4.78, 5) is 12.6. The molecule has 0 N–H and O–H groups in total. The van der Waals surface area contributed by atoms with Gasteiger partial charge in [-0.15, -0.1) is 0 Å². The number of carbonyl (C=O) groups is 1. The number of carbonyl (C=O) groups excluding carboxylic acids is 1. The van der Waals surface area contributed by atoms with Crippen LogP contribution < -0.4 is 0 Å². The molecular weight excluding hydrogens is 326 g/mol. The minimum absolute atomic E-state index is 0.0408. The summed E-state index contributed by atoms with van der Waals surface area (Å²) in [6.07, 6.45) is 2.91. The van der Waals surface area contributed by atoms with E-state index >= 15 is 0 Å². The lowest BCUT2D eigenvalue weighted by Crippen LogP contribution is -2.10. The van der Waals surface area contributed by atoms with Crippen LogP contribution in [0, 0.1) is 0 Å². The number of hydrogen-bond donors (Lipinski definition) is 0. The molecule has 0 saturated heterocycles. The molecule has 2 aromatic rings. The van der Waals surface area contributed by atoms with Crippen molar-refractivity contribution in [2.45, 2.75) is 30.1 Å². The van der Waals surface area contributed by atoms with Crippen molar-refractivity contribution < 1.29 is 17.7 Å². The predicted octanol–water partition coefficient (Wildman–Crippen LogP) is 3.01. The lowest BCUT2D eigenvalue weighted by molar-refractivity contribution is 0.102. The normalized spacial score (nSPS) is 16.5. The van der Waals surface area contributed by atoms with E-state index in [0.717, 1.165) is 19.1 Å². The molecule has 1 aliphatic carbocycles. The lowest BCUT2D eigenvalue weighted by Gasteiger charge is -2.05. The van der Waals surface area contributed by atoms with Gasteiger partial charge in [-0.3, -0.25) is 4.79 Å². The summed E-state index contributed by atoms with van der Waals surface area (Å²) in [6, 6.07) is 6.00. The maximum Gasteiger partial charge on any atom is 0.217 e. The van der Waals surface area contributed by atoms with E-state index in [0.29, 0.717) is 5.76 Å². The number of rotatable bonds is 4. The number of aromatic nitrogens is 1. The van der Waals surface area contributed by atoms with E-state index in [-0.39, 0.29) is 26.6 Å². The Hall–Kier alpha value is -1.66. The first kappa shape index (κ1) is 15.2. The Balaban J connectivity index is 2.08. The Bertz CT molecular complexity index is 865. The van der Waals surface area contributed by atoms with Crippen LogP contribution in [0.2, 0.25) is 5.02 Å². The third kappa shape index (κ3) is 2.46. The standard InChI is InChI=1S/C15H14ClNO4S/c1-15(7-8-15)14-11(16)12(17-21-14)13(18)9-5-3-4-6-10(9)22(2,19)20/h3-6H,7-8H2,1-2H3. The van der Waals surface area contributed by atoms with E-state index in [4.69, 9.17) is 16.1 Å². The van der Waals surface area contributed by atoms with E-state index in [1.54, 1.807) is 12.1 Å². The zero-order chi connectivity index (χ0) is 16.1. The first-order valence-electron chi connectivity index (χ1n) is 6.73. The summed E-state index contributed by atoms with van der Waals surface area (Å²) < 4.78 is 28.9. The predicted molar refractivity (Wildman–Crippen MR) is 81.1 cm³/mol. The number of hydrogen-bond acceptors (Lipinski definition) is 5. The fraction of sp³-hybridized carbons (Fsp3) is 0.333. The van der Waals surface area contributed by atoms with Crippen LogP contribution in [0.15, 0.2) is 33.7 Å². The van der Waals surface area contributed by atoms with Crippen LogP contribution in [0.4, 0.5) is 0 Å². The fourth-order valence-corrected chi connectivity index (χ4v) is 3.58. The molecule has 0 bridgehead atoms. The highest BCUT2D eigenvalue weighted by Crippen LogP contribution is 2.50. The third-order valence-electron chi connectivity index (χ3n) is 3.93. The topological polar surface area (TPSA) is 77.2 Å². The molecule has 1 aliphatic rings. The van der Waals surface area contributed by atoms with Gasteiger partial charge >= 0.3 is 0 Å². The Morgan fingerprint density at radius 2 is 1.95 bits per heavy atom. The molecule has 116 valence electrons. The summed E-state index contributed by atoms with van der Waals surface area (Å²) in [5.74, 6) is -0.0559. The summed E-state index contributed by atoms with van der Waals surface area (Å²) >= 11 is 6.23. The average molecular weight is 340 g/mol. The number of halogens is 1. The summed E-state index contributed by atoms with van der Waals surface area (Å²) in [5, 5.41) is 3.94. The minimum Gasteiger partial charge on any atom is -0.358 e. The Kier molecular flexibility index (Phi) is 3.41. The van der Waals surface area contributed by atoms with Crippen molar-refractivity contribution in [2.75, 3.05) is 6.26 Å². The first-order chi connectivity index (χ1) is 10.2. The highest BCUT2D eigenvalue weighted by molar-refractivity contribution is 7.90. The highest BCUT2D eigenvalue weighted by Gasteiger charge is 2.45. The van der Waals surface area contributed by atoms with Crippen molar-refractivity contribution in [1.29, 1.82) is 0 Å². The van der Waals surface area contributed by atoms with Crippen LogP contribution >= 0.6 is 11.6 Å². The van der Waals surface area contributed by atoms with Crippen LogP contribution in [-0.4, -0.2) is 25.6 Å². The molecule has 1 saturated carbocycles. The number of ketones is 1. The van der Waals surface area contributed by atoms with Crippen molar-refractivity contribution in [3.8, 4) is 0 Å². The van der Waals surface area contributed by atoms with Gasteiger partial charge in [-0.1, -0.05) is 35.8 Å². The largest absolute Gasteiger partial charge is 0.358 e. The first-order valence-corrected chi connectivity index (χ1v) is 9.00. The van der Waals surface area contributed by atoms with Gasteiger partial charge in [-0.05, 0) is 25.0 Å². The van der Waals surface area contributed by atoms with E-state index in [2.05, 4.69) is 5.16 Å². The third-order valence-corrected chi connectivity index (χ3v) is 5.44. The molecule has 1 aromatic carbocycles. The SMILES string of the molecule is CC1(c2onc(C(=O)c3ccccc3S(C)(=O)=O)c2Cl)CC1. The molecule has 1 aromatic heterocycles. The minimum atomic E-state index is -3.53.